The number of hydroxylamine groups is 2. The maximum Gasteiger partial charge on any atom is 0.418 e. The Morgan fingerprint density at radius 3 is 2.56 bits per heavy atom. The number of halogens is 1. The lowest BCUT2D eigenvalue weighted by Gasteiger charge is -2.50. The van der Waals surface area contributed by atoms with Crippen LogP contribution in [0.5, 0.6) is 5.75 Å². The zero-order valence-corrected chi connectivity index (χ0v) is 28.0. The van der Waals surface area contributed by atoms with E-state index in [-0.39, 0.29) is 42.7 Å². The lowest BCUT2D eigenvalue weighted by Crippen LogP contribution is -2.68. The van der Waals surface area contributed by atoms with E-state index in [9.17, 15) is 22.4 Å². The van der Waals surface area contributed by atoms with Crippen LogP contribution in [0.4, 0.5) is 9.52 Å². The van der Waals surface area contributed by atoms with Gasteiger partial charge in [-0.2, -0.15) is 18.2 Å². The molecule has 2 saturated heterocycles. The first-order chi connectivity index (χ1) is 22.7. The fourth-order valence-electron chi connectivity index (χ4n) is 5.37. The number of ketones is 1. The van der Waals surface area contributed by atoms with E-state index in [1.807, 2.05) is 33.9 Å². The van der Waals surface area contributed by atoms with Gasteiger partial charge < -0.3 is 26.4 Å². The van der Waals surface area contributed by atoms with Crippen LogP contribution in [0.25, 0.3) is 11.1 Å². The number of thiazole rings is 1. The summed E-state index contributed by atoms with van der Waals surface area (Å²) in [6, 6.07) is 7.39. The van der Waals surface area contributed by atoms with Gasteiger partial charge in [0.1, 0.15) is 18.1 Å². The second-order valence-corrected chi connectivity index (χ2v) is 14.0. The number of β-lactam (4-membered cyclic amide) rings is 1. The fourth-order valence-corrected chi connectivity index (χ4v) is 6.37. The Bertz CT molecular complexity index is 1770. The molecular formula is C29H38FN8O8S2+. The highest BCUT2D eigenvalue weighted by molar-refractivity contribution is 7.80. The number of rotatable bonds is 17. The maximum absolute atomic E-state index is 14.8. The number of nitrogens with two attached hydrogens (primary N) is 2. The van der Waals surface area contributed by atoms with E-state index < -0.39 is 39.2 Å². The van der Waals surface area contributed by atoms with Crippen molar-refractivity contribution in [3.05, 3.63) is 47.7 Å². The third-order valence-corrected chi connectivity index (χ3v) is 9.09. The number of oxime groups is 1. The van der Waals surface area contributed by atoms with Crippen molar-refractivity contribution in [1.82, 2.24) is 20.0 Å². The summed E-state index contributed by atoms with van der Waals surface area (Å²) in [7, 11) is -4.93. The van der Waals surface area contributed by atoms with Crippen molar-refractivity contribution in [3.63, 3.8) is 0 Å². The van der Waals surface area contributed by atoms with Crippen molar-refractivity contribution < 1.29 is 45.5 Å². The molecule has 1 amide bonds. The number of nitrogens with zero attached hydrogens (tertiary/aromatic N) is 5. The van der Waals surface area contributed by atoms with Gasteiger partial charge in [-0.1, -0.05) is 17.3 Å². The molecule has 3 aromatic rings. The van der Waals surface area contributed by atoms with E-state index in [0.717, 1.165) is 28.9 Å². The average molecular weight is 710 g/mol. The lowest BCUT2D eigenvalue weighted by molar-refractivity contribution is -0.784. The number of nitrogens with one attached hydrogen (secondary N) is 1. The van der Waals surface area contributed by atoms with Crippen molar-refractivity contribution in [1.29, 1.82) is 0 Å². The van der Waals surface area contributed by atoms with E-state index in [1.165, 1.54) is 19.2 Å². The molecule has 16 nitrogen and oxygen atoms in total. The van der Waals surface area contributed by atoms with Crippen LogP contribution in [0.1, 0.15) is 32.4 Å². The van der Waals surface area contributed by atoms with Gasteiger partial charge in [-0.15, -0.1) is 20.3 Å². The molecule has 0 aliphatic carbocycles. The van der Waals surface area contributed by atoms with Gasteiger partial charge in [0, 0.05) is 24.9 Å². The number of anilines is 1. The van der Waals surface area contributed by atoms with Crippen LogP contribution in [-0.2, 0) is 42.2 Å². The van der Waals surface area contributed by atoms with Crippen molar-refractivity contribution >= 4 is 44.3 Å². The van der Waals surface area contributed by atoms with Gasteiger partial charge in [0.15, 0.2) is 28.9 Å². The molecule has 48 heavy (non-hydrogen) atoms. The van der Waals surface area contributed by atoms with E-state index in [0.29, 0.717) is 37.0 Å². The van der Waals surface area contributed by atoms with Gasteiger partial charge in [-0.05, 0) is 44.5 Å². The van der Waals surface area contributed by atoms with Crippen LogP contribution >= 0.6 is 11.3 Å². The summed E-state index contributed by atoms with van der Waals surface area (Å²) in [6.45, 7) is 5.13. The molecule has 0 spiro atoms. The number of hydrogen-bond acceptors (Lipinski definition) is 13. The van der Waals surface area contributed by atoms with Gasteiger partial charge in [0.25, 0.3) is 5.91 Å². The smallest absolute Gasteiger partial charge is 0.418 e. The van der Waals surface area contributed by atoms with Crippen molar-refractivity contribution in [3.8, 4) is 16.9 Å². The molecule has 6 N–H and O–H groups in total. The molecule has 2 fully saturated rings. The quantitative estimate of drug-likeness (QED) is 0.0384. The normalized spacial score (nSPS) is 18.7. The average Bonchev–Trinajstić information content (AvgIpc) is 3.63. The molecule has 2 aliphatic heterocycles. The Balaban J connectivity index is 1.17. The second-order valence-electron chi connectivity index (χ2n) is 12.1. The topological polar surface area (TPSA) is 218 Å². The van der Waals surface area contributed by atoms with Gasteiger partial charge in [0.05, 0.1) is 29.8 Å². The molecule has 19 heteroatoms. The number of amides is 1. The summed E-state index contributed by atoms with van der Waals surface area (Å²) in [4.78, 5) is 35.3. The monoisotopic (exact) mass is 709 g/mol. The van der Waals surface area contributed by atoms with Crippen molar-refractivity contribution in [2.75, 3.05) is 38.6 Å². The van der Waals surface area contributed by atoms with Crippen LogP contribution in [0.3, 0.4) is 0 Å². The minimum atomic E-state index is -4.93. The van der Waals surface area contributed by atoms with Gasteiger partial charge in [-0.3, -0.25) is 14.1 Å². The second kappa shape index (κ2) is 14.2. The molecule has 4 heterocycles. The molecule has 260 valence electrons. The molecule has 1 atom stereocenters. The van der Waals surface area contributed by atoms with Crippen molar-refractivity contribution in [2.45, 2.75) is 51.0 Å². The van der Waals surface area contributed by atoms with Gasteiger partial charge in [0.2, 0.25) is 12.7 Å². The van der Waals surface area contributed by atoms with Gasteiger partial charge in [-0.25, -0.2) is 9.37 Å². The van der Waals surface area contributed by atoms with Crippen molar-refractivity contribution in [2.24, 2.45) is 16.8 Å². The number of alkyl halides is 1. The number of benzene rings is 1. The summed E-state index contributed by atoms with van der Waals surface area (Å²) < 4.78 is 60.0. The Hall–Kier alpha value is -4.01. The third kappa shape index (κ3) is 8.16. The molecule has 2 aliphatic rings. The molecule has 0 bridgehead atoms. The number of hydrogen-bond donors (Lipinski definition) is 4. The number of nitrogen functional groups attached to an aromatic ring is 1. The molecular weight excluding hydrogens is 671 g/mol. The lowest BCUT2D eigenvalue weighted by atomic mass is 9.74. The highest BCUT2D eigenvalue weighted by atomic mass is 32.3. The summed E-state index contributed by atoms with van der Waals surface area (Å²) in [5, 5.41) is 9.16. The maximum atomic E-state index is 14.8. The molecule has 1 aromatic carbocycles. The Morgan fingerprint density at radius 1 is 1.25 bits per heavy atom. The van der Waals surface area contributed by atoms with Crippen LogP contribution in [-0.4, -0.2) is 89.2 Å². The first-order valence-electron chi connectivity index (χ1n) is 15.1. The predicted molar refractivity (Wildman–Crippen MR) is 172 cm³/mol. The summed E-state index contributed by atoms with van der Waals surface area (Å²) in [5.74, 6) is -1.80. The Kier molecular flexibility index (Phi) is 10.5. The molecule has 5 rings (SSSR count). The van der Waals surface area contributed by atoms with Gasteiger partial charge >= 0.3 is 10.4 Å². The minimum Gasteiger partial charge on any atom is -0.490 e. The van der Waals surface area contributed by atoms with E-state index >= 15 is 0 Å². The molecule has 2 aromatic heterocycles. The van der Waals surface area contributed by atoms with Crippen LogP contribution < -0.4 is 26.2 Å². The van der Waals surface area contributed by atoms with E-state index in [2.05, 4.69) is 19.7 Å². The molecule has 0 saturated carbocycles. The number of aryl methyl sites for hydroxylation is 1. The standard InChI is InChI=1S/C29H37FN8O8S2/c1-28(2)22(26(40)38(28)46-48(41,42)43)12-24(39)25(23-15-47-27(32)34-23)35-45-11-10-44-21-6-4-19(5-7-21)20-13-36(9-3-8-31)37(14-20)18-29(30)16-33-17-29/h4-7,13-15,22,33H,3,8-12,16-18,31H2,1-2H3,(H2-,32,34,41,42,43)/p+1/b35-25-/t22-/m1/s1. The van der Waals surface area contributed by atoms with Crippen LogP contribution in [0.15, 0.2) is 47.2 Å². The Labute approximate surface area is 280 Å². The SMILES string of the molecule is CC1(C)[C@H](CC(=O)/C(=N\OCCOc2ccc(-c3cn(CCCN)[n+](CC4(F)CNC4)c3)cc2)c2csc(N)n2)C(=O)N1OS(=O)(=O)O. The Morgan fingerprint density at radius 2 is 1.98 bits per heavy atom. The molecule has 0 radical (unpaired) electrons. The number of aromatic nitrogens is 3. The zero-order valence-electron chi connectivity index (χ0n) is 26.4. The summed E-state index contributed by atoms with van der Waals surface area (Å²) in [6.07, 6.45) is 4.32. The predicted octanol–water partition coefficient (Wildman–Crippen LogP) is 0.872. The van der Waals surface area contributed by atoms with E-state index in [4.69, 9.17) is 25.6 Å². The largest absolute Gasteiger partial charge is 0.490 e. The number of ether oxygens (including phenoxy) is 1. The highest BCUT2D eigenvalue weighted by Gasteiger charge is 2.57. The zero-order chi connectivity index (χ0) is 34.7. The first-order valence-corrected chi connectivity index (χ1v) is 17.3. The highest BCUT2D eigenvalue weighted by Crippen LogP contribution is 2.40. The first kappa shape index (κ1) is 35.3. The summed E-state index contributed by atoms with van der Waals surface area (Å²) in [5.41, 5.74) is 10.8. The third-order valence-electron chi connectivity index (χ3n) is 8.07. The van der Waals surface area contributed by atoms with Crippen LogP contribution in [0.2, 0.25) is 0 Å². The number of carbonyl (C=O) groups is 2. The number of Topliss-reactive ketones (excluding diaryl/α,β-unsaturated/α-hetero) is 1. The fraction of sp³-hybridized carbons (Fsp3) is 0.483. The van der Waals surface area contributed by atoms with E-state index in [1.54, 1.807) is 12.1 Å². The minimum absolute atomic E-state index is 0.0359. The molecule has 0 unspecified atom stereocenters. The number of carbonyl (C=O) groups excluding carboxylic acids is 2. The van der Waals surface area contributed by atoms with Crippen LogP contribution in [0, 0.1) is 5.92 Å². The summed E-state index contributed by atoms with van der Waals surface area (Å²) >= 11 is 1.08.